The van der Waals surface area contributed by atoms with Crippen LogP contribution in [0.25, 0.3) is 16.5 Å². The molecule has 0 saturated heterocycles. The van der Waals surface area contributed by atoms with Gasteiger partial charge >= 0.3 is 0 Å². The fourth-order valence-corrected chi connectivity index (χ4v) is 2.89. The highest BCUT2D eigenvalue weighted by molar-refractivity contribution is 5.93. The predicted octanol–water partition coefficient (Wildman–Crippen LogP) is 3.57. The van der Waals surface area contributed by atoms with Gasteiger partial charge in [0.1, 0.15) is 0 Å². The number of aromatic nitrogens is 1. The molecule has 1 N–H and O–H groups in total. The van der Waals surface area contributed by atoms with E-state index < -0.39 is 0 Å². The molecule has 2 heterocycles. The lowest BCUT2D eigenvalue weighted by Crippen LogP contribution is -2.34. The Labute approximate surface area is 123 Å². The van der Waals surface area contributed by atoms with Gasteiger partial charge in [-0.25, -0.2) is 0 Å². The van der Waals surface area contributed by atoms with Crippen LogP contribution in [0.1, 0.15) is 25.8 Å². The number of nitro benzene ring substituents is 1. The molecule has 0 atom stereocenters. The Bertz CT molecular complexity index is 715. The summed E-state index contributed by atoms with van der Waals surface area (Å²) in [7, 11) is 0. The molecule has 5 nitrogen and oxygen atoms in total. The molecule has 0 radical (unpaired) electrons. The fourth-order valence-electron chi connectivity index (χ4n) is 2.89. The Kier molecular flexibility index (Phi) is 3.51. The normalized spacial score (nSPS) is 16.4. The van der Waals surface area contributed by atoms with Gasteiger partial charge in [0.05, 0.1) is 10.4 Å². The van der Waals surface area contributed by atoms with Crippen LogP contribution < -0.4 is 0 Å². The highest BCUT2D eigenvalue weighted by Crippen LogP contribution is 2.31. The summed E-state index contributed by atoms with van der Waals surface area (Å²) in [6.45, 7) is 6.45. The number of non-ortho nitro benzene ring substituents is 1. The molecule has 2 aromatic rings. The minimum absolute atomic E-state index is 0.125. The van der Waals surface area contributed by atoms with E-state index in [0.717, 1.165) is 30.4 Å². The van der Waals surface area contributed by atoms with Crippen LogP contribution in [-0.4, -0.2) is 33.9 Å². The SMILES string of the molecule is CC(C)N1CC=C(c2c[nH]c3cc([N+](=O)[O-])ccc23)CC1. The van der Waals surface area contributed by atoms with Gasteiger partial charge < -0.3 is 4.98 Å². The lowest BCUT2D eigenvalue weighted by atomic mass is 9.98. The first kappa shape index (κ1) is 13.8. The first-order valence-electron chi connectivity index (χ1n) is 7.25. The third kappa shape index (κ3) is 2.56. The van der Waals surface area contributed by atoms with Gasteiger partial charge in [0.15, 0.2) is 0 Å². The van der Waals surface area contributed by atoms with E-state index in [1.165, 1.54) is 11.1 Å². The van der Waals surface area contributed by atoms with Crippen molar-refractivity contribution >= 4 is 22.2 Å². The summed E-state index contributed by atoms with van der Waals surface area (Å²) in [5.74, 6) is 0. The van der Waals surface area contributed by atoms with Gasteiger partial charge in [0.25, 0.3) is 5.69 Å². The van der Waals surface area contributed by atoms with Gasteiger partial charge in [-0.3, -0.25) is 15.0 Å². The summed E-state index contributed by atoms with van der Waals surface area (Å²) < 4.78 is 0. The molecular weight excluding hydrogens is 266 g/mol. The van der Waals surface area contributed by atoms with E-state index >= 15 is 0 Å². The summed E-state index contributed by atoms with van der Waals surface area (Å²) >= 11 is 0. The smallest absolute Gasteiger partial charge is 0.271 e. The molecule has 110 valence electrons. The number of hydrogen-bond donors (Lipinski definition) is 1. The number of H-pyrrole nitrogens is 1. The third-order valence-corrected chi connectivity index (χ3v) is 4.19. The minimum Gasteiger partial charge on any atom is -0.360 e. The third-order valence-electron chi connectivity index (χ3n) is 4.19. The maximum Gasteiger partial charge on any atom is 0.271 e. The fraction of sp³-hybridized carbons (Fsp3) is 0.375. The maximum absolute atomic E-state index is 10.8. The van der Waals surface area contributed by atoms with E-state index in [1.54, 1.807) is 12.1 Å². The Balaban J connectivity index is 1.93. The average molecular weight is 285 g/mol. The highest BCUT2D eigenvalue weighted by atomic mass is 16.6. The lowest BCUT2D eigenvalue weighted by Gasteiger charge is -2.29. The molecule has 0 spiro atoms. The monoisotopic (exact) mass is 285 g/mol. The molecule has 0 aliphatic carbocycles. The van der Waals surface area contributed by atoms with Crippen molar-refractivity contribution in [2.75, 3.05) is 13.1 Å². The second-order valence-electron chi connectivity index (χ2n) is 5.76. The number of rotatable bonds is 3. The van der Waals surface area contributed by atoms with Crippen LogP contribution in [0.4, 0.5) is 5.69 Å². The molecule has 0 saturated carbocycles. The van der Waals surface area contributed by atoms with Crippen LogP contribution in [0.3, 0.4) is 0 Å². The number of fused-ring (bicyclic) bond motifs is 1. The highest BCUT2D eigenvalue weighted by Gasteiger charge is 2.18. The standard InChI is InChI=1S/C16H19N3O2/c1-11(2)18-7-5-12(6-8-18)15-10-17-16-9-13(19(20)21)3-4-14(15)16/h3-5,9-11,17H,6-8H2,1-2H3. The Morgan fingerprint density at radius 3 is 2.81 bits per heavy atom. The van der Waals surface area contributed by atoms with Gasteiger partial charge in [-0.15, -0.1) is 0 Å². The van der Waals surface area contributed by atoms with Crippen molar-refractivity contribution in [3.8, 4) is 0 Å². The number of benzene rings is 1. The Hall–Kier alpha value is -2.14. The zero-order valence-corrected chi connectivity index (χ0v) is 12.3. The second-order valence-corrected chi connectivity index (χ2v) is 5.76. The van der Waals surface area contributed by atoms with Crippen molar-refractivity contribution in [3.63, 3.8) is 0 Å². The average Bonchev–Trinajstić information content (AvgIpc) is 2.90. The van der Waals surface area contributed by atoms with E-state index in [9.17, 15) is 10.1 Å². The number of hydrogen-bond acceptors (Lipinski definition) is 3. The van der Waals surface area contributed by atoms with Crippen LogP contribution >= 0.6 is 0 Å². The quantitative estimate of drug-likeness (QED) is 0.692. The van der Waals surface area contributed by atoms with Gasteiger partial charge in [-0.2, -0.15) is 0 Å². The maximum atomic E-state index is 10.8. The van der Waals surface area contributed by atoms with Crippen molar-refractivity contribution in [3.05, 3.63) is 46.1 Å². The lowest BCUT2D eigenvalue weighted by molar-refractivity contribution is -0.384. The van der Waals surface area contributed by atoms with Crippen molar-refractivity contribution in [2.45, 2.75) is 26.3 Å². The summed E-state index contributed by atoms with van der Waals surface area (Å²) in [4.78, 5) is 16.1. The number of nitro groups is 1. The van der Waals surface area contributed by atoms with E-state index in [0.29, 0.717) is 6.04 Å². The van der Waals surface area contributed by atoms with Crippen molar-refractivity contribution < 1.29 is 4.92 Å². The molecule has 1 aromatic carbocycles. The van der Waals surface area contributed by atoms with Gasteiger partial charge in [-0.1, -0.05) is 6.08 Å². The van der Waals surface area contributed by atoms with Crippen molar-refractivity contribution in [2.24, 2.45) is 0 Å². The van der Waals surface area contributed by atoms with Crippen LogP contribution in [0, 0.1) is 10.1 Å². The summed E-state index contributed by atoms with van der Waals surface area (Å²) in [5, 5.41) is 11.9. The summed E-state index contributed by atoms with van der Waals surface area (Å²) in [6.07, 6.45) is 5.25. The Morgan fingerprint density at radius 2 is 2.19 bits per heavy atom. The second kappa shape index (κ2) is 5.33. The number of nitrogens with one attached hydrogen (secondary N) is 1. The van der Waals surface area contributed by atoms with Crippen LogP contribution in [-0.2, 0) is 0 Å². The van der Waals surface area contributed by atoms with Crippen molar-refractivity contribution in [1.82, 2.24) is 9.88 Å². The molecule has 21 heavy (non-hydrogen) atoms. The van der Waals surface area contributed by atoms with E-state index in [2.05, 4.69) is 29.8 Å². The topological polar surface area (TPSA) is 62.2 Å². The predicted molar refractivity (Wildman–Crippen MR) is 84.3 cm³/mol. The van der Waals surface area contributed by atoms with E-state index in [1.807, 2.05) is 12.3 Å². The molecule has 1 aromatic heterocycles. The minimum atomic E-state index is -0.361. The molecule has 1 aliphatic heterocycles. The largest absolute Gasteiger partial charge is 0.360 e. The van der Waals surface area contributed by atoms with Crippen LogP contribution in [0.2, 0.25) is 0 Å². The molecule has 0 unspecified atom stereocenters. The van der Waals surface area contributed by atoms with Gasteiger partial charge in [0.2, 0.25) is 0 Å². The molecule has 0 amide bonds. The van der Waals surface area contributed by atoms with Gasteiger partial charge in [-0.05, 0) is 31.9 Å². The molecular formula is C16H19N3O2. The van der Waals surface area contributed by atoms with E-state index in [-0.39, 0.29) is 10.6 Å². The zero-order chi connectivity index (χ0) is 15.0. The van der Waals surface area contributed by atoms with E-state index in [4.69, 9.17) is 0 Å². The van der Waals surface area contributed by atoms with Gasteiger partial charge in [0, 0.05) is 48.4 Å². The molecule has 0 fully saturated rings. The Morgan fingerprint density at radius 1 is 1.38 bits per heavy atom. The zero-order valence-electron chi connectivity index (χ0n) is 12.3. The van der Waals surface area contributed by atoms with Crippen LogP contribution in [0.5, 0.6) is 0 Å². The number of aromatic amines is 1. The van der Waals surface area contributed by atoms with Crippen molar-refractivity contribution in [1.29, 1.82) is 0 Å². The first-order chi connectivity index (χ1) is 10.1. The summed E-state index contributed by atoms with van der Waals surface area (Å²) in [6, 6.07) is 5.58. The molecule has 1 aliphatic rings. The summed E-state index contributed by atoms with van der Waals surface area (Å²) in [5.41, 5.74) is 3.45. The molecule has 0 bridgehead atoms. The molecule has 3 rings (SSSR count). The molecule has 5 heteroatoms. The first-order valence-corrected chi connectivity index (χ1v) is 7.25. The number of nitrogens with zero attached hydrogens (tertiary/aromatic N) is 2. The van der Waals surface area contributed by atoms with Crippen LogP contribution in [0.15, 0.2) is 30.5 Å².